The molecule has 0 aromatic heterocycles. The Bertz CT molecular complexity index is 920. The van der Waals surface area contributed by atoms with Crippen molar-refractivity contribution in [3.63, 3.8) is 0 Å². The predicted octanol–water partition coefficient (Wildman–Crippen LogP) is 4.93. The maximum atomic E-state index is 12.0. The summed E-state index contributed by atoms with van der Waals surface area (Å²) in [5, 5.41) is 9.04. The van der Waals surface area contributed by atoms with E-state index >= 15 is 0 Å². The van der Waals surface area contributed by atoms with Gasteiger partial charge in [-0.15, -0.1) is 0 Å². The molecule has 5 rings (SSSR count). The number of ether oxygens (including phenoxy) is 1. The Morgan fingerprint density at radius 1 is 1.00 bits per heavy atom. The Morgan fingerprint density at radius 2 is 1.71 bits per heavy atom. The molecule has 31 heavy (non-hydrogen) atoms. The van der Waals surface area contributed by atoms with Crippen molar-refractivity contribution in [2.24, 2.45) is 5.41 Å². The normalized spacial score (nSPS) is 21.3. The first-order chi connectivity index (χ1) is 15.0. The van der Waals surface area contributed by atoms with Crippen LogP contribution >= 0.6 is 0 Å². The molecule has 3 aliphatic rings. The van der Waals surface area contributed by atoms with Crippen LogP contribution in [0, 0.1) is 12.3 Å². The molecule has 2 heterocycles. The van der Waals surface area contributed by atoms with Crippen molar-refractivity contribution in [2.75, 3.05) is 19.7 Å². The summed E-state index contributed by atoms with van der Waals surface area (Å²) in [4.78, 5) is 25.1. The maximum Gasteiger partial charge on any atom is 0.335 e. The van der Waals surface area contributed by atoms with Gasteiger partial charge in [0.15, 0.2) is 0 Å². The third kappa shape index (κ3) is 4.99. The van der Waals surface area contributed by atoms with Gasteiger partial charge < -0.3 is 14.7 Å². The van der Waals surface area contributed by atoms with Crippen molar-refractivity contribution in [1.82, 2.24) is 4.90 Å². The fourth-order valence-electron chi connectivity index (χ4n) is 4.65. The third-order valence-electron chi connectivity index (χ3n) is 6.95. The minimum absolute atomic E-state index is 0.113. The van der Waals surface area contributed by atoms with E-state index < -0.39 is 5.97 Å². The summed E-state index contributed by atoms with van der Waals surface area (Å²) < 4.78 is 5.44. The summed E-state index contributed by atoms with van der Waals surface area (Å²) >= 11 is 0. The van der Waals surface area contributed by atoms with Gasteiger partial charge in [-0.2, -0.15) is 0 Å². The van der Waals surface area contributed by atoms with Gasteiger partial charge in [0.25, 0.3) is 5.91 Å². The summed E-state index contributed by atoms with van der Waals surface area (Å²) in [5.41, 5.74) is 3.85. The Labute approximate surface area is 184 Å². The van der Waals surface area contributed by atoms with Crippen molar-refractivity contribution in [3.05, 3.63) is 59.7 Å². The quantitative estimate of drug-likeness (QED) is 0.763. The van der Waals surface area contributed by atoms with Crippen LogP contribution in [0.25, 0.3) is 11.1 Å². The van der Waals surface area contributed by atoms with Crippen LogP contribution in [0.4, 0.5) is 0 Å². The average molecular weight is 422 g/mol. The lowest BCUT2D eigenvalue weighted by molar-refractivity contribution is -0.142. The second-order valence-electron chi connectivity index (χ2n) is 8.98. The lowest BCUT2D eigenvalue weighted by Crippen LogP contribution is -2.44. The molecule has 2 saturated heterocycles. The average Bonchev–Trinajstić information content (AvgIpc) is 3.31. The SMILES string of the molecule is Cc1c(C(=O)O)cccc1-c1ccccc1.O=C(C1CCCO1)N1CCC2(CC1)CC2. The molecule has 1 unspecified atom stereocenters. The fourth-order valence-corrected chi connectivity index (χ4v) is 4.65. The lowest BCUT2D eigenvalue weighted by Gasteiger charge is -2.33. The summed E-state index contributed by atoms with van der Waals surface area (Å²) in [7, 11) is 0. The summed E-state index contributed by atoms with van der Waals surface area (Å²) in [6.45, 7) is 4.55. The van der Waals surface area contributed by atoms with Gasteiger partial charge in [0.2, 0.25) is 0 Å². The number of carboxylic acid groups (broad SMARTS) is 1. The topological polar surface area (TPSA) is 66.8 Å². The van der Waals surface area contributed by atoms with E-state index in [2.05, 4.69) is 0 Å². The number of amides is 1. The lowest BCUT2D eigenvalue weighted by atomic mass is 9.93. The van der Waals surface area contributed by atoms with E-state index in [1.54, 1.807) is 12.1 Å². The Balaban J connectivity index is 0.000000149. The van der Waals surface area contributed by atoms with E-state index in [9.17, 15) is 9.59 Å². The zero-order valence-corrected chi connectivity index (χ0v) is 18.2. The summed E-state index contributed by atoms with van der Waals surface area (Å²) in [5.74, 6) is -0.627. The van der Waals surface area contributed by atoms with Gasteiger partial charge in [0, 0.05) is 19.7 Å². The number of likely N-dealkylation sites (tertiary alicyclic amines) is 1. The zero-order valence-electron chi connectivity index (χ0n) is 18.2. The molecule has 1 aliphatic carbocycles. The van der Waals surface area contributed by atoms with E-state index in [1.807, 2.05) is 48.2 Å². The molecule has 5 nitrogen and oxygen atoms in total. The number of nitrogens with zero attached hydrogens (tertiary/aromatic N) is 1. The highest BCUT2D eigenvalue weighted by molar-refractivity contribution is 5.92. The Kier molecular flexibility index (Phi) is 6.42. The monoisotopic (exact) mass is 421 g/mol. The van der Waals surface area contributed by atoms with Crippen LogP contribution in [-0.4, -0.2) is 47.7 Å². The molecule has 3 fully saturated rings. The van der Waals surface area contributed by atoms with E-state index in [1.165, 1.54) is 25.7 Å². The largest absolute Gasteiger partial charge is 0.478 e. The van der Waals surface area contributed by atoms with Gasteiger partial charge in [-0.3, -0.25) is 4.79 Å². The van der Waals surface area contributed by atoms with Gasteiger partial charge in [0.1, 0.15) is 6.10 Å². The molecule has 0 bridgehead atoms. The van der Waals surface area contributed by atoms with Crippen LogP contribution < -0.4 is 0 Å². The van der Waals surface area contributed by atoms with Crippen LogP contribution in [0.1, 0.15) is 54.4 Å². The van der Waals surface area contributed by atoms with Crippen LogP contribution in [-0.2, 0) is 9.53 Å². The first-order valence-corrected chi connectivity index (χ1v) is 11.3. The van der Waals surface area contributed by atoms with Crippen molar-refractivity contribution in [3.8, 4) is 11.1 Å². The van der Waals surface area contributed by atoms with Crippen LogP contribution in [0.3, 0.4) is 0 Å². The number of carbonyl (C=O) groups is 2. The smallest absolute Gasteiger partial charge is 0.335 e. The van der Waals surface area contributed by atoms with Crippen LogP contribution in [0.5, 0.6) is 0 Å². The van der Waals surface area contributed by atoms with Crippen molar-refractivity contribution >= 4 is 11.9 Å². The van der Waals surface area contributed by atoms with E-state index in [0.29, 0.717) is 11.0 Å². The maximum absolute atomic E-state index is 12.0. The summed E-state index contributed by atoms with van der Waals surface area (Å²) in [6, 6.07) is 15.1. The molecule has 1 amide bonds. The minimum Gasteiger partial charge on any atom is -0.478 e. The van der Waals surface area contributed by atoms with E-state index in [-0.39, 0.29) is 12.0 Å². The molecule has 1 atom stereocenters. The van der Waals surface area contributed by atoms with E-state index in [0.717, 1.165) is 49.2 Å². The number of rotatable bonds is 3. The second-order valence-corrected chi connectivity index (χ2v) is 8.98. The van der Waals surface area contributed by atoms with Gasteiger partial charge in [-0.05, 0) is 73.6 Å². The highest BCUT2D eigenvalue weighted by atomic mass is 16.5. The molecule has 2 aromatic carbocycles. The van der Waals surface area contributed by atoms with Crippen LogP contribution in [0.15, 0.2) is 48.5 Å². The van der Waals surface area contributed by atoms with Gasteiger partial charge in [-0.25, -0.2) is 4.79 Å². The highest BCUT2D eigenvalue weighted by Crippen LogP contribution is 2.53. The molecule has 5 heteroatoms. The van der Waals surface area contributed by atoms with E-state index in [4.69, 9.17) is 9.84 Å². The number of benzene rings is 2. The molecule has 1 spiro atoms. The van der Waals surface area contributed by atoms with Crippen molar-refractivity contribution in [1.29, 1.82) is 0 Å². The number of hydrogen-bond donors (Lipinski definition) is 1. The molecular formula is C26H31NO4. The second kappa shape index (κ2) is 9.23. The molecule has 2 aliphatic heterocycles. The Hall–Kier alpha value is -2.66. The molecule has 0 radical (unpaired) electrons. The third-order valence-corrected chi connectivity index (χ3v) is 6.95. The number of carboxylic acids is 1. The molecule has 164 valence electrons. The molecule has 2 aromatic rings. The molecule has 1 N–H and O–H groups in total. The minimum atomic E-state index is -0.879. The summed E-state index contributed by atoms with van der Waals surface area (Å²) in [6.07, 6.45) is 7.12. The van der Waals surface area contributed by atoms with Gasteiger partial charge >= 0.3 is 5.97 Å². The first-order valence-electron chi connectivity index (χ1n) is 11.3. The number of carbonyl (C=O) groups excluding carboxylic acids is 1. The number of aromatic carboxylic acids is 1. The highest BCUT2D eigenvalue weighted by Gasteiger charge is 2.45. The number of hydrogen-bond acceptors (Lipinski definition) is 3. The van der Waals surface area contributed by atoms with Crippen molar-refractivity contribution in [2.45, 2.75) is 51.6 Å². The standard InChI is InChI=1S/C14H12O2.C12H19NO2/c1-10-12(11-6-3-2-4-7-11)8-5-9-13(10)14(15)16;14-11(10-2-1-9-15-10)13-7-5-12(3-4-12)6-8-13/h2-9H,1H3,(H,15,16);10H,1-9H2. The number of piperidine rings is 1. The fraction of sp³-hybridized carbons (Fsp3) is 0.462. The molecular weight excluding hydrogens is 390 g/mol. The van der Waals surface area contributed by atoms with Gasteiger partial charge in [-0.1, -0.05) is 42.5 Å². The first kappa shape index (κ1) is 21.6. The Morgan fingerprint density at radius 3 is 2.29 bits per heavy atom. The van der Waals surface area contributed by atoms with Crippen molar-refractivity contribution < 1.29 is 19.4 Å². The van der Waals surface area contributed by atoms with Crippen LogP contribution in [0.2, 0.25) is 0 Å². The zero-order chi connectivity index (χ0) is 21.8. The molecule has 1 saturated carbocycles. The predicted molar refractivity (Wildman–Crippen MR) is 120 cm³/mol. The van der Waals surface area contributed by atoms with Gasteiger partial charge in [0.05, 0.1) is 5.56 Å².